The van der Waals surface area contributed by atoms with Crippen LogP contribution in [-0.2, 0) is 18.1 Å². The molecule has 1 aliphatic carbocycles. The Morgan fingerprint density at radius 1 is 1.04 bits per heavy atom. The monoisotopic (exact) mass is 390 g/mol. The molecule has 0 radical (unpaired) electrons. The molecule has 3 aliphatic rings. The van der Waals surface area contributed by atoms with Crippen LogP contribution < -0.4 is 0 Å². The fourth-order valence-electron chi connectivity index (χ4n) is 3.93. The third-order valence-corrected chi connectivity index (χ3v) is 5.11. The van der Waals surface area contributed by atoms with Crippen molar-refractivity contribution < 1.29 is 30.7 Å². The lowest BCUT2D eigenvalue weighted by Crippen LogP contribution is -2.36. The third-order valence-electron chi connectivity index (χ3n) is 5.11. The van der Waals surface area contributed by atoms with Crippen LogP contribution in [0, 0.1) is 0 Å². The zero-order chi connectivity index (χ0) is 19.6. The molecule has 0 bridgehead atoms. The van der Waals surface area contributed by atoms with Crippen molar-refractivity contribution in [2.45, 2.75) is 37.2 Å². The van der Waals surface area contributed by atoms with Gasteiger partial charge in [-0.05, 0) is 48.6 Å². The predicted octanol–water partition coefficient (Wildman–Crippen LogP) is 5.26. The Morgan fingerprint density at radius 2 is 1.78 bits per heavy atom. The minimum Gasteiger partial charge on any atom is -0.327 e. The summed E-state index contributed by atoms with van der Waals surface area (Å²) in [6, 6.07) is 3.30. The fourth-order valence-corrected chi connectivity index (χ4v) is 3.93. The summed E-state index contributed by atoms with van der Waals surface area (Å²) in [5, 5.41) is 0. The van der Waals surface area contributed by atoms with Gasteiger partial charge in [-0.1, -0.05) is 6.07 Å². The number of nitrogens with zero attached hydrogens (tertiary/aromatic N) is 2. The highest BCUT2D eigenvalue weighted by atomic mass is 19.4. The molecule has 144 valence electrons. The van der Waals surface area contributed by atoms with Gasteiger partial charge in [-0.3, -0.25) is 4.99 Å². The van der Waals surface area contributed by atoms with Crippen molar-refractivity contribution in [3.63, 3.8) is 0 Å². The number of benzene rings is 1. The molecule has 0 aromatic heterocycles. The van der Waals surface area contributed by atoms with Crippen LogP contribution in [0.1, 0.15) is 29.5 Å². The van der Waals surface area contributed by atoms with Crippen LogP contribution in [0.4, 0.5) is 30.7 Å². The van der Waals surface area contributed by atoms with E-state index in [1.165, 1.54) is 6.07 Å². The summed E-state index contributed by atoms with van der Waals surface area (Å²) in [7, 11) is 0. The van der Waals surface area contributed by atoms with E-state index in [2.05, 4.69) is 4.99 Å². The van der Waals surface area contributed by atoms with Gasteiger partial charge in [0, 0.05) is 6.20 Å². The van der Waals surface area contributed by atoms with Gasteiger partial charge in [0.2, 0.25) is 0 Å². The van der Waals surface area contributed by atoms with Gasteiger partial charge in [-0.15, -0.1) is 0 Å². The highest BCUT2D eigenvalue weighted by molar-refractivity contribution is 6.00. The molecular weight excluding hydrogens is 377 g/mol. The number of aryl methyl sites for hydroxylation is 1. The van der Waals surface area contributed by atoms with Gasteiger partial charge in [0.25, 0.3) is 0 Å². The number of halogens is 7. The van der Waals surface area contributed by atoms with Crippen molar-refractivity contribution in [2.75, 3.05) is 6.54 Å². The minimum atomic E-state index is -4.70. The Balaban J connectivity index is 1.76. The summed E-state index contributed by atoms with van der Waals surface area (Å²) in [5.41, 5.74) is -2.00. The van der Waals surface area contributed by atoms with Gasteiger partial charge in [-0.2, -0.15) is 26.3 Å². The molecule has 1 aromatic rings. The van der Waals surface area contributed by atoms with Crippen LogP contribution in [-0.4, -0.2) is 23.5 Å². The quantitative estimate of drug-likeness (QED) is 0.552. The highest BCUT2D eigenvalue weighted by Crippen LogP contribution is 2.46. The first-order valence-corrected chi connectivity index (χ1v) is 8.23. The van der Waals surface area contributed by atoms with E-state index in [-0.39, 0.29) is 12.4 Å². The first-order chi connectivity index (χ1) is 12.5. The van der Waals surface area contributed by atoms with Gasteiger partial charge in [0.15, 0.2) is 11.7 Å². The molecule has 0 saturated heterocycles. The van der Waals surface area contributed by atoms with E-state index in [4.69, 9.17) is 0 Å². The molecular formula is C18H13F7N2. The molecule has 0 fully saturated rings. The average Bonchev–Trinajstić information content (AvgIpc) is 2.93. The summed E-state index contributed by atoms with van der Waals surface area (Å²) < 4.78 is 92.0. The Morgan fingerprint density at radius 3 is 2.44 bits per heavy atom. The number of allylic oxidation sites excluding steroid dienone is 2. The van der Waals surface area contributed by atoms with Crippen LogP contribution in [0.15, 0.2) is 46.9 Å². The van der Waals surface area contributed by atoms with Gasteiger partial charge >= 0.3 is 12.4 Å². The van der Waals surface area contributed by atoms with Crippen molar-refractivity contribution in [1.82, 2.24) is 4.90 Å². The SMILES string of the molecule is FC1=CC(C(F)(F)F)=CN2C[C@@]3(CCCc4cc(C(F)(F)F)ccc43)N=C12. The maximum Gasteiger partial charge on any atom is 0.417 e. The lowest BCUT2D eigenvalue weighted by Gasteiger charge is -2.34. The minimum absolute atomic E-state index is 0.0401. The Hall–Kier alpha value is -2.32. The van der Waals surface area contributed by atoms with Gasteiger partial charge < -0.3 is 4.90 Å². The average molecular weight is 390 g/mol. The van der Waals surface area contributed by atoms with Crippen LogP contribution >= 0.6 is 0 Å². The highest BCUT2D eigenvalue weighted by Gasteiger charge is 2.47. The van der Waals surface area contributed by atoms with Gasteiger partial charge in [0.1, 0.15) is 5.54 Å². The molecule has 2 heterocycles. The topological polar surface area (TPSA) is 15.6 Å². The van der Waals surface area contributed by atoms with Crippen LogP contribution in [0.2, 0.25) is 0 Å². The first kappa shape index (κ1) is 18.1. The third kappa shape index (κ3) is 2.93. The number of hydrogen-bond donors (Lipinski definition) is 0. The standard InChI is InChI=1S/C18H13F7N2/c19-14-7-12(18(23,24)25)8-27-9-16(26-15(14)27)5-1-2-10-6-11(17(20,21)22)3-4-13(10)16/h3-4,6-8H,1-2,5,9H2/t16-/m1/s1. The number of hydrogen-bond acceptors (Lipinski definition) is 2. The maximum absolute atomic E-state index is 14.3. The largest absolute Gasteiger partial charge is 0.417 e. The smallest absolute Gasteiger partial charge is 0.327 e. The molecule has 0 N–H and O–H groups in total. The summed E-state index contributed by atoms with van der Waals surface area (Å²) in [4.78, 5) is 5.44. The zero-order valence-corrected chi connectivity index (χ0v) is 13.8. The van der Waals surface area contributed by atoms with E-state index in [1.54, 1.807) is 0 Å². The van der Waals surface area contributed by atoms with Gasteiger partial charge in [0.05, 0.1) is 17.7 Å². The van der Waals surface area contributed by atoms with E-state index >= 15 is 0 Å². The lowest BCUT2D eigenvalue weighted by molar-refractivity contribution is -0.137. The Labute approximate surface area is 149 Å². The molecule has 1 aromatic carbocycles. The molecule has 9 heteroatoms. The number of aliphatic imine (C=N–C) groups is 1. The normalized spacial score (nSPS) is 25.0. The second-order valence-corrected chi connectivity index (χ2v) is 6.89. The molecule has 27 heavy (non-hydrogen) atoms. The Kier molecular flexibility index (Phi) is 3.74. The molecule has 1 spiro atoms. The molecule has 1 atom stereocenters. The van der Waals surface area contributed by atoms with Crippen molar-refractivity contribution >= 4 is 5.84 Å². The fraction of sp³-hybridized carbons (Fsp3) is 0.389. The summed E-state index contributed by atoms with van der Waals surface area (Å²) in [6.45, 7) is -0.0401. The van der Waals surface area contributed by atoms with E-state index < -0.39 is 34.9 Å². The zero-order valence-electron chi connectivity index (χ0n) is 13.8. The summed E-state index contributed by atoms with van der Waals surface area (Å²) in [6.07, 6.45) is -6.65. The van der Waals surface area contributed by atoms with Crippen LogP contribution in [0.25, 0.3) is 0 Å². The number of rotatable bonds is 0. The number of amidine groups is 1. The molecule has 0 saturated carbocycles. The van der Waals surface area contributed by atoms with E-state index in [1.807, 2.05) is 0 Å². The van der Waals surface area contributed by atoms with Crippen molar-refractivity contribution in [2.24, 2.45) is 4.99 Å². The molecule has 2 nitrogen and oxygen atoms in total. The van der Waals surface area contributed by atoms with Crippen LogP contribution in [0.3, 0.4) is 0 Å². The van der Waals surface area contributed by atoms with Gasteiger partial charge in [-0.25, -0.2) is 4.39 Å². The molecule has 2 aliphatic heterocycles. The maximum atomic E-state index is 14.3. The van der Waals surface area contributed by atoms with Crippen LogP contribution in [0.5, 0.6) is 0 Å². The summed E-state index contributed by atoms with van der Waals surface area (Å²) >= 11 is 0. The number of fused-ring (bicyclic) bond motifs is 3. The predicted molar refractivity (Wildman–Crippen MR) is 83.5 cm³/mol. The summed E-state index contributed by atoms with van der Waals surface area (Å²) in [5.74, 6) is -1.31. The van der Waals surface area contributed by atoms with E-state index in [9.17, 15) is 30.7 Å². The second-order valence-electron chi connectivity index (χ2n) is 6.89. The lowest BCUT2D eigenvalue weighted by atomic mass is 9.76. The van der Waals surface area contributed by atoms with Crippen molar-refractivity contribution in [3.05, 3.63) is 58.6 Å². The second kappa shape index (κ2) is 5.59. The first-order valence-electron chi connectivity index (χ1n) is 8.23. The molecule has 0 amide bonds. The molecule has 0 unspecified atom stereocenters. The van der Waals surface area contributed by atoms with Crippen molar-refractivity contribution in [3.8, 4) is 0 Å². The Bertz CT molecular complexity index is 892. The van der Waals surface area contributed by atoms with E-state index in [0.29, 0.717) is 36.5 Å². The molecule has 4 rings (SSSR count). The van der Waals surface area contributed by atoms with E-state index in [0.717, 1.165) is 23.2 Å². The number of alkyl halides is 6. The van der Waals surface area contributed by atoms with Crippen molar-refractivity contribution in [1.29, 1.82) is 0 Å².